The van der Waals surface area contributed by atoms with Crippen LogP contribution in [0.5, 0.6) is 0 Å². The number of nitrogens with zero attached hydrogens (tertiary/aromatic N) is 2. The fourth-order valence-electron chi connectivity index (χ4n) is 2.94. The number of ether oxygens (including phenoxy) is 1. The van der Waals surface area contributed by atoms with Gasteiger partial charge in [0.25, 0.3) is 5.91 Å². The number of piperidine rings is 1. The van der Waals surface area contributed by atoms with Crippen molar-refractivity contribution in [1.82, 2.24) is 9.62 Å². The molecule has 158 valence electrons. The summed E-state index contributed by atoms with van der Waals surface area (Å²) >= 11 is 0. The largest absolute Gasteiger partial charge is 0.452 e. The van der Waals surface area contributed by atoms with Crippen molar-refractivity contribution in [3.05, 3.63) is 29.8 Å². The summed E-state index contributed by atoms with van der Waals surface area (Å²) in [6, 6.07) is 7.85. The molecule has 1 amide bonds. The zero-order chi connectivity index (χ0) is 21.7. The summed E-state index contributed by atoms with van der Waals surface area (Å²) < 4.78 is 32.3. The number of sulfonamides is 1. The number of esters is 1. The van der Waals surface area contributed by atoms with E-state index in [1.54, 1.807) is 26.8 Å². The molecule has 0 aliphatic carbocycles. The van der Waals surface area contributed by atoms with Crippen LogP contribution < -0.4 is 5.32 Å². The molecule has 9 heteroatoms. The van der Waals surface area contributed by atoms with Crippen molar-refractivity contribution >= 4 is 21.9 Å². The summed E-state index contributed by atoms with van der Waals surface area (Å²) in [7, 11) is -3.83. The SMILES string of the molecule is CC(C)[C@](C)(C#N)NC(=O)COC(=O)c1ccccc1S(=O)(=O)N1CCCCC1. The Balaban J connectivity index is 2.13. The predicted molar refractivity (Wildman–Crippen MR) is 106 cm³/mol. The van der Waals surface area contributed by atoms with Gasteiger partial charge in [-0.3, -0.25) is 4.79 Å². The van der Waals surface area contributed by atoms with Crippen molar-refractivity contribution in [3.63, 3.8) is 0 Å². The van der Waals surface area contributed by atoms with Crippen molar-refractivity contribution in [2.24, 2.45) is 5.92 Å². The molecule has 2 rings (SSSR count). The minimum atomic E-state index is -3.83. The van der Waals surface area contributed by atoms with E-state index >= 15 is 0 Å². The van der Waals surface area contributed by atoms with Crippen molar-refractivity contribution in [2.75, 3.05) is 19.7 Å². The summed E-state index contributed by atoms with van der Waals surface area (Å²) in [5, 5.41) is 11.8. The molecule has 0 bridgehead atoms. The Morgan fingerprint density at radius 3 is 2.45 bits per heavy atom. The van der Waals surface area contributed by atoms with Gasteiger partial charge in [0, 0.05) is 13.1 Å². The molecule has 1 N–H and O–H groups in total. The smallest absolute Gasteiger partial charge is 0.340 e. The standard InChI is InChI=1S/C20H27N3O5S/c1-15(2)20(3,14-21)22-18(24)13-28-19(25)16-9-5-6-10-17(16)29(26,27)23-11-7-4-8-12-23/h5-6,9-10,15H,4,7-8,11-13H2,1-3H3,(H,22,24)/t20-/m0/s1. The van der Waals surface area contributed by atoms with Gasteiger partial charge in [-0.15, -0.1) is 0 Å². The third kappa shape index (κ3) is 5.34. The lowest BCUT2D eigenvalue weighted by molar-refractivity contribution is -0.125. The van der Waals surface area contributed by atoms with Gasteiger partial charge in [0.15, 0.2) is 6.61 Å². The molecular weight excluding hydrogens is 394 g/mol. The lowest BCUT2D eigenvalue weighted by Crippen LogP contribution is -2.50. The molecule has 0 radical (unpaired) electrons. The number of rotatable bonds is 7. The third-order valence-corrected chi connectivity index (χ3v) is 7.12. The van der Waals surface area contributed by atoms with Crippen LogP contribution >= 0.6 is 0 Å². The fraction of sp³-hybridized carbons (Fsp3) is 0.550. The van der Waals surface area contributed by atoms with Crippen molar-refractivity contribution < 1.29 is 22.7 Å². The minimum Gasteiger partial charge on any atom is -0.452 e. The highest BCUT2D eigenvalue weighted by molar-refractivity contribution is 7.89. The molecule has 29 heavy (non-hydrogen) atoms. The molecule has 0 saturated carbocycles. The Labute approximate surface area is 171 Å². The Hall–Kier alpha value is -2.44. The molecule has 1 aromatic carbocycles. The average Bonchev–Trinajstić information content (AvgIpc) is 2.72. The Morgan fingerprint density at radius 1 is 1.24 bits per heavy atom. The van der Waals surface area contributed by atoms with E-state index in [0.29, 0.717) is 13.1 Å². The maximum absolute atomic E-state index is 13.0. The van der Waals surface area contributed by atoms with Gasteiger partial charge in [0.1, 0.15) is 5.54 Å². The van der Waals surface area contributed by atoms with Crippen LogP contribution in [0.3, 0.4) is 0 Å². The van der Waals surface area contributed by atoms with Crippen LogP contribution in [-0.4, -0.2) is 49.8 Å². The first-order valence-corrected chi connectivity index (χ1v) is 11.0. The van der Waals surface area contributed by atoms with Gasteiger partial charge in [-0.1, -0.05) is 32.4 Å². The molecular formula is C20H27N3O5S. The highest BCUT2D eigenvalue weighted by Gasteiger charge is 2.32. The number of hydrogen-bond acceptors (Lipinski definition) is 6. The first-order valence-electron chi connectivity index (χ1n) is 9.60. The molecule has 0 unspecified atom stereocenters. The van der Waals surface area contributed by atoms with Gasteiger partial charge in [-0.25, -0.2) is 13.2 Å². The van der Waals surface area contributed by atoms with Crippen molar-refractivity contribution in [1.29, 1.82) is 5.26 Å². The zero-order valence-corrected chi connectivity index (χ0v) is 17.8. The third-order valence-electron chi connectivity index (χ3n) is 5.16. The molecule has 1 atom stereocenters. The summed E-state index contributed by atoms with van der Waals surface area (Å²) in [5.74, 6) is -1.69. The molecule has 0 spiro atoms. The predicted octanol–water partition coefficient (Wildman–Crippen LogP) is 2.07. The number of benzene rings is 1. The van der Waals surface area contributed by atoms with E-state index in [2.05, 4.69) is 5.32 Å². The normalized spacial score (nSPS) is 17.2. The first kappa shape index (κ1) is 22.8. The van der Waals surface area contributed by atoms with E-state index in [9.17, 15) is 23.3 Å². The minimum absolute atomic E-state index is 0.113. The van der Waals surface area contributed by atoms with Crippen molar-refractivity contribution in [3.8, 4) is 6.07 Å². The number of nitrogens with one attached hydrogen (secondary N) is 1. The van der Waals surface area contributed by atoms with Gasteiger partial charge >= 0.3 is 5.97 Å². The van der Waals surface area contributed by atoms with Crippen LogP contribution in [0, 0.1) is 17.2 Å². The highest BCUT2D eigenvalue weighted by Crippen LogP contribution is 2.24. The fourth-order valence-corrected chi connectivity index (χ4v) is 4.64. The second-order valence-corrected chi connectivity index (χ2v) is 9.46. The number of nitriles is 1. The number of carbonyl (C=O) groups is 2. The number of amides is 1. The molecule has 8 nitrogen and oxygen atoms in total. The lowest BCUT2D eigenvalue weighted by atomic mass is 9.90. The number of carbonyl (C=O) groups excluding carboxylic acids is 2. The molecule has 1 fully saturated rings. The van der Waals surface area contributed by atoms with E-state index in [-0.39, 0.29) is 16.4 Å². The topological polar surface area (TPSA) is 117 Å². The van der Waals surface area contributed by atoms with Gasteiger partial charge in [-0.2, -0.15) is 9.57 Å². The van der Waals surface area contributed by atoms with Gasteiger partial charge in [-0.05, 0) is 37.8 Å². The molecule has 0 aromatic heterocycles. The van der Waals surface area contributed by atoms with Gasteiger partial charge in [0.2, 0.25) is 10.0 Å². The second kappa shape index (κ2) is 9.37. The van der Waals surface area contributed by atoms with Crippen LogP contribution in [0.1, 0.15) is 50.4 Å². The summed E-state index contributed by atoms with van der Waals surface area (Å²) in [6.07, 6.45) is 2.53. The molecule has 1 aromatic rings. The van der Waals surface area contributed by atoms with E-state index in [4.69, 9.17) is 4.74 Å². The van der Waals surface area contributed by atoms with Crippen LogP contribution in [-0.2, 0) is 19.6 Å². The van der Waals surface area contributed by atoms with Crippen molar-refractivity contribution in [2.45, 2.75) is 50.5 Å². The van der Waals surface area contributed by atoms with Crippen LogP contribution in [0.15, 0.2) is 29.2 Å². The van der Waals surface area contributed by atoms with E-state index in [0.717, 1.165) is 19.3 Å². The molecule has 1 aliphatic rings. The van der Waals surface area contributed by atoms with Gasteiger partial charge in [0.05, 0.1) is 16.5 Å². The summed E-state index contributed by atoms with van der Waals surface area (Å²) in [5.41, 5.74) is -1.21. The van der Waals surface area contributed by atoms with Crippen LogP contribution in [0.2, 0.25) is 0 Å². The van der Waals surface area contributed by atoms with E-state index < -0.39 is 34.0 Å². The monoisotopic (exact) mass is 421 g/mol. The maximum atomic E-state index is 13.0. The zero-order valence-electron chi connectivity index (χ0n) is 17.0. The quantitative estimate of drug-likeness (QED) is 0.674. The van der Waals surface area contributed by atoms with E-state index in [1.165, 1.54) is 22.5 Å². The van der Waals surface area contributed by atoms with Crippen LogP contribution in [0.4, 0.5) is 0 Å². The number of hydrogen-bond donors (Lipinski definition) is 1. The van der Waals surface area contributed by atoms with Crippen LogP contribution in [0.25, 0.3) is 0 Å². The second-order valence-electron chi connectivity index (χ2n) is 7.55. The highest BCUT2D eigenvalue weighted by atomic mass is 32.2. The Bertz CT molecular complexity index is 901. The average molecular weight is 422 g/mol. The summed E-state index contributed by atoms with van der Waals surface area (Å²) in [6.45, 7) is 5.37. The molecule has 1 heterocycles. The summed E-state index contributed by atoms with van der Waals surface area (Å²) in [4.78, 5) is 24.5. The molecule has 1 aliphatic heterocycles. The lowest BCUT2D eigenvalue weighted by Gasteiger charge is -2.27. The maximum Gasteiger partial charge on any atom is 0.340 e. The molecule has 1 saturated heterocycles. The van der Waals surface area contributed by atoms with E-state index in [1.807, 2.05) is 6.07 Å². The van der Waals surface area contributed by atoms with Gasteiger partial charge < -0.3 is 10.1 Å². The first-order chi connectivity index (χ1) is 13.6. The Kier molecular flexibility index (Phi) is 7.38. The Morgan fingerprint density at radius 2 is 1.86 bits per heavy atom.